The molecule has 3 N–H and O–H groups in total. The summed E-state index contributed by atoms with van der Waals surface area (Å²) in [5.74, 6) is 1.17. The van der Waals surface area contributed by atoms with Crippen LogP contribution >= 0.6 is 0 Å². The van der Waals surface area contributed by atoms with Crippen LogP contribution in [0, 0.1) is 17.7 Å². The second-order valence-corrected chi connectivity index (χ2v) is 13.0. The molecule has 3 fully saturated rings. The maximum Gasteiger partial charge on any atom is 0.254 e. The van der Waals surface area contributed by atoms with Crippen molar-refractivity contribution in [3.63, 3.8) is 0 Å². The molecule has 0 spiro atoms. The molecular formula is C31H35FN6O. The molecule has 3 atom stereocenters. The molecule has 2 saturated carbocycles. The highest BCUT2D eigenvalue weighted by Crippen LogP contribution is 2.45. The van der Waals surface area contributed by atoms with Crippen molar-refractivity contribution in [3.05, 3.63) is 47.3 Å². The fraction of sp³-hybridized carbons (Fsp3) is 0.484. The van der Waals surface area contributed by atoms with E-state index in [1.54, 1.807) is 6.07 Å². The molecule has 8 heteroatoms. The number of anilines is 1. The lowest BCUT2D eigenvalue weighted by Gasteiger charge is -2.27. The van der Waals surface area contributed by atoms with Crippen LogP contribution in [-0.2, 0) is 19.0 Å². The maximum absolute atomic E-state index is 15.7. The van der Waals surface area contributed by atoms with E-state index in [-0.39, 0.29) is 23.4 Å². The minimum atomic E-state index is -0.417. The molecule has 2 aromatic carbocycles. The highest BCUT2D eigenvalue weighted by Gasteiger charge is 2.47. The third kappa shape index (κ3) is 3.30. The molecule has 1 saturated heterocycles. The van der Waals surface area contributed by atoms with Crippen molar-refractivity contribution in [1.82, 2.24) is 19.0 Å². The van der Waals surface area contributed by atoms with Crippen LogP contribution in [0.1, 0.15) is 55.5 Å². The molecular weight excluding hydrogens is 491 g/mol. The zero-order valence-corrected chi connectivity index (χ0v) is 22.8. The Morgan fingerprint density at radius 2 is 1.97 bits per heavy atom. The number of hydrogen-bond donors (Lipinski definition) is 2. The predicted octanol–water partition coefficient (Wildman–Crippen LogP) is 5.01. The van der Waals surface area contributed by atoms with Gasteiger partial charge in [0.25, 0.3) is 5.91 Å². The number of piperidine rings is 1. The van der Waals surface area contributed by atoms with Crippen molar-refractivity contribution in [2.75, 3.05) is 18.4 Å². The lowest BCUT2D eigenvalue weighted by Crippen LogP contribution is -2.41. The SMILES string of the molecule is Cn1c(-c2cc3ccc4c(c3n2CC2CC2)NCC4(C)C)nc2cc(C(=O)N3C[C@H]4CC[C@@H]3[C@@H]4N)cc(F)c21. The van der Waals surface area contributed by atoms with E-state index in [1.807, 2.05) is 16.5 Å². The second kappa shape index (κ2) is 7.84. The minimum absolute atomic E-state index is 0.0267. The van der Waals surface area contributed by atoms with Crippen LogP contribution in [0.15, 0.2) is 30.3 Å². The van der Waals surface area contributed by atoms with Crippen LogP contribution in [0.5, 0.6) is 0 Å². The number of nitrogens with two attached hydrogens (primary N) is 1. The van der Waals surface area contributed by atoms with E-state index in [0.717, 1.165) is 37.4 Å². The number of likely N-dealkylation sites (tertiary alicyclic amines) is 1. The zero-order chi connectivity index (χ0) is 26.8. The first-order valence-electron chi connectivity index (χ1n) is 14.3. The summed E-state index contributed by atoms with van der Waals surface area (Å²) in [5.41, 5.74) is 12.5. The maximum atomic E-state index is 15.7. The summed E-state index contributed by atoms with van der Waals surface area (Å²) >= 11 is 0. The first kappa shape index (κ1) is 23.5. The standard InChI is InChI=1S/C31H35FN6O/c1-31(2)15-34-26-20(31)8-6-17-12-24(37(27(17)26)13-16-4-5-16)29-35-22-11-19(10-21(32)28(22)36(29)3)30(39)38-14-18-7-9-23(38)25(18)33/h6,8,10-12,16,18,23,25,34H,4-5,7,9,13-15,33H2,1-3H3/t18-,23-,25-/m1/s1. The summed E-state index contributed by atoms with van der Waals surface area (Å²) in [5, 5.41) is 4.85. The highest BCUT2D eigenvalue weighted by atomic mass is 19.1. The molecule has 0 radical (unpaired) electrons. The van der Waals surface area contributed by atoms with Gasteiger partial charge in [0, 0.05) is 55.1 Å². The molecule has 2 aliphatic carbocycles. The Hall–Kier alpha value is -3.39. The number of nitrogens with zero attached hydrogens (tertiary/aromatic N) is 4. The van der Waals surface area contributed by atoms with E-state index in [1.165, 1.54) is 41.1 Å². The highest BCUT2D eigenvalue weighted by molar-refractivity contribution is 6.00. The molecule has 4 aliphatic rings. The van der Waals surface area contributed by atoms with Gasteiger partial charge in [-0.3, -0.25) is 4.79 Å². The van der Waals surface area contributed by atoms with Crippen molar-refractivity contribution in [2.45, 2.75) is 63.6 Å². The number of nitrogens with one attached hydrogen (secondary N) is 1. The van der Waals surface area contributed by atoms with Gasteiger partial charge in [-0.1, -0.05) is 26.0 Å². The molecule has 4 aromatic rings. The Kier molecular flexibility index (Phi) is 4.72. The summed E-state index contributed by atoms with van der Waals surface area (Å²) in [6.45, 7) is 7.05. The van der Waals surface area contributed by atoms with Crippen LogP contribution < -0.4 is 11.1 Å². The number of amides is 1. The molecule has 39 heavy (non-hydrogen) atoms. The van der Waals surface area contributed by atoms with E-state index in [0.29, 0.717) is 35.0 Å². The number of aryl methyl sites for hydroxylation is 1. The molecule has 2 bridgehead atoms. The number of benzene rings is 2. The van der Waals surface area contributed by atoms with E-state index >= 15 is 4.39 Å². The van der Waals surface area contributed by atoms with Crippen LogP contribution in [0.4, 0.5) is 10.1 Å². The third-order valence-electron chi connectivity index (χ3n) is 9.95. The van der Waals surface area contributed by atoms with Crippen molar-refractivity contribution < 1.29 is 9.18 Å². The number of rotatable bonds is 4. The number of imidazole rings is 1. The largest absolute Gasteiger partial charge is 0.382 e. The normalized spacial score (nSPS) is 25.2. The smallest absolute Gasteiger partial charge is 0.254 e. The lowest BCUT2D eigenvalue weighted by atomic mass is 9.86. The summed E-state index contributed by atoms with van der Waals surface area (Å²) in [6.07, 6.45) is 4.46. The quantitative estimate of drug-likeness (QED) is 0.392. The molecule has 7 nitrogen and oxygen atoms in total. The van der Waals surface area contributed by atoms with Crippen LogP contribution in [0.25, 0.3) is 33.5 Å². The van der Waals surface area contributed by atoms with Gasteiger partial charge < -0.3 is 25.1 Å². The van der Waals surface area contributed by atoms with Crippen LogP contribution in [0.2, 0.25) is 0 Å². The molecule has 202 valence electrons. The zero-order valence-electron chi connectivity index (χ0n) is 22.8. The van der Waals surface area contributed by atoms with Gasteiger partial charge in [-0.15, -0.1) is 0 Å². The van der Waals surface area contributed by atoms with Crippen molar-refractivity contribution in [3.8, 4) is 11.5 Å². The first-order valence-corrected chi connectivity index (χ1v) is 14.3. The fourth-order valence-electron chi connectivity index (χ4n) is 7.54. The Morgan fingerprint density at radius 1 is 1.15 bits per heavy atom. The Labute approximate surface area is 227 Å². The molecule has 1 amide bonds. The second-order valence-electron chi connectivity index (χ2n) is 13.0. The Balaban J connectivity index is 1.26. The Bertz CT molecular complexity index is 1690. The molecule has 0 unspecified atom stereocenters. The van der Waals surface area contributed by atoms with E-state index in [2.05, 4.69) is 41.9 Å². The first-order chi connectivity index (χ1) is 18.7. The number of halogens is 1. The number of hydrogen-bond acceptors (Lipinski definition) is 4. The average Bonchev–Trinajstić information content (AvgIpc) is 3.11. The summed E-state index contributed by atoms with van der Waals surface area (Å²) in [6, 6.07) is 9.87. The number of carbonyl (C=O) groups excluding carboxylic acids is 1. The van der Waals surface area contributed by atoms with Crippen LogP contribution in [-0.4, -0.2) is 50.1 Å². The average molecular weight is 527 g/mol. The topological polar surface area (TPSA) is 81.1 Å². The van der Waals surface area contributed by atoms with Gasteiger partial charge in [0.2, 0.25) is 0 Å². The van der Waals surface area contributed by atoms with Crippen molar-refractivity contribution >= 4 is 33.5 Å². The van der Waals surface area contributed by atoms with Gasteiger partial charge in [-0.2, -0.15) is 0 Å². The Morgan fingerprint density at radius 3 is 2.69 bits per heavy atom. The minimum Gasteiger partial charge on any atom is -0.382 e. The predicted molar refractivity (Wildman–Crippen MR) is 151 cm³/mol. The van der Waals surface area contributed by atoms with Gasteiger partial charge in [0.1, 0.15) is 11.3 Å². The molecule has 8 rings (SSSR count). The van der Waals surface area contributed by atoms with Crippen molar-refractivity contribution in [1.29, 1.82) is 0 Å². The van der Waals surface area contributed by atoms with E-state index < -0.39 is 5.82 Å². The number of fused-ring (bicyclic) bond motifs is 6. The van der Waals surface area contributed by atoms with Gasteiger partial charge in [-0.05, 0) is 61.3 Å². The molecule has 2 aromatic heterocycles. The van der Waals surface area contributed by atoms with Gasteiger partial charge in [0.15, 0.2) is 5.82 Å². The van der Waals surface area contributed by atoms with Gasteiger partial charge in [-0.25, -0.2) is 9.37 Å². The summed E-state index contributed by atoms with van der Waals surface area (Å²) in [7, 11) is 1.87. The fourth-order valence-corrected chi connectivity index (χ4v) is 7.54. The summed E-state index contributed by atoms with van der Waals surface area (Å²) < 4.78 is 19.9. The third-order valence-corrected chi connectivity index (χ3v) is 9.95. The van der Waals surface area contributed by atoms with Crippen LogP contribution in [0.3, 0.4) is 0 Å². The van der Waals surface area contributed by atoms with Gasteiger partial charge >= 0.3 is 0 Å². The summed E-state index contributed by atoms with van der Waals surface area (Å²) in [4.78, 5) is 20.3. The van der Waals surface area contributed by atoms with Gasteiger partial charge in [0.05, 0.1) is 22.4 Å². The monoisotopic (exact) mass is 526 g/mol. The number of aromatic nitrogens is 3. The number of carbonyl (C=O) groups is 1. The van der Waals surface area contributed by atoms with Crippen molar-refractivity contribution in [2.24, 2.45) is 24.6 Å². The van der Waals surface area contributed by atoms with E-state index in [9.17, 15) is 4.79 Å². The lowest BCUT2D eigenvalue weighted by molar-refractivity contribution is 0.0700. The van der Waals surface area contributed by atoms with E-state index in [4.69, 9.17) is 10.7 Å². The molecule has 4 heterocycles. The molecule has 2 aliphatic heterocycles.